The van der Waals surface area contributed by atoms with E-state index in [2.05, 4.69) is 0 Å². The van der Waals surface area contributed by atoms with Crippen molar-refractivity contribution in [3.63, 3.8) is 0 Å². The molecule has 0 heterocycles. The van der Waals surface area contributed by atoms with Crippen molar-refractivity contribution in [2.45, 2.75) is 19.9 Å². The Morgan fingerprint density at radius 2 is 1.89 bits per heavy atom. The lowest BCUT2D eigenvalue weighted by Gasteiger charge is -2.30. The molecule has 0 unspecified atom stereocenters. The summed E-state index contributed by atoms with van der Waals surface area (Å²) in [5, 5.41) is 9.34. The van der Waals surface area contributed by atoms with Gasteiger partial charge in [-0.15, -0.1) is 12.4 Å². The zero-order valence-corrected chi connectivity index (χ0v) is 12.1. The summed E-state index contributed by atoms with van der Waals surface area (Å²) in [6.45, 7) is 3.85. The van der Waals surface area contributed by atoms with Crippen molar-refractivity contribution in [2.75, 3.05) is 20.8 Å². The highest BCUT2D eigenvalue weighted by Gasteiger charge is 2.29. The summed E-state index contributed by atoms with van der Waals surface area (Å²) in [6, 6.07) is 5.21. The molecule has 0 fully saturated rings. The number of methoxy groups -OCH3 is 2. The van der Waals surface area contributed by atoms with Gasteiger partial charge < -0.3 is 20.3 Å². The van der Waals surface area contributed by atoms with Gasteiger partial charge in [-0.1, -0.05) is 19.9 Å². The van der Waals surface area contributed by atoms with Crippen molar-refractivity contribution in [3.8, 4) is 11.5 Å². The maximum Gasteiger partial charge on any atom is 0.127 e. The van der Waals surface area contributed by atoms with E-state index in [4.69, 9.17) is 15.2 Å². The van der Waals surface area contributed by atoms with Crippen molar-refractivity contribution in [3.05, 3.63) is 23.8 Å². The number of hydrogen-bond acceptors (Lipinski definition) is 4. The van der Waals surface area contributed by atoms with E-state index < -0.39 is 5.41 Å². The SMILES string of the molecule is COc1ccc([C@@H](N)C(C)(C)CO)c(OC)c1.Cl. The summed E-state index contributed by atoms with van der Waals surface area (Å²) in [6.07, 6.45) is 0. The molecule has 1 aromatic carbocycles. The van der Waals surface area contributed by atoms with E-state index in [-0.39, 0.29) is 25.1 Å². The Morgan fingerprint density at radius 1 is 1.28 bits per heavy atom. The second-order valence-electron chi connectivity index (χ2n) is 4.73. The molecule has 0 saturated heterocycles. The van der Waals surface area contributed by atoms with Gasteiger partial charge in [-0.2, -0.15) is 0 Å². The van der Waals surface area contributed by atoms with Crippen molar-refractivity contribution in [2.24, 2.45) is 11.1 Å². The summed E-state index contributed by atoms with van der Waals surface area (Å²) >= 11 is 0. The van der Waals surface area contributed by atoms with Crippen LogP contribution in [-0.2, 0) is 0 Å². The summed E-state index contributed by atoms with van der Waals surface area (Å²) < 4.78 is 10.4. The first kappa shape index (κ1) is 17.0. The van der Waals surface area contributed by atoms with Crippen LogP contribution in [0.4, 0.5) is 0 Å². The fourth-order valence-corrected chi connectivity index (χ4v) is 1.59. The standard InChI is InChI=1S/C13H21NO3.ClH/c1-13(2,8-15)12(14)10-6-5-9(16-3)7-11(10)17-4;/h5-7,12,15H,8,14H2,1-4H3;1H/t12-;/m1./s1. The predicted octanol–water partition coefficient (Wildman–Crippen LogP) is 2.14. The molecule has 18 heavy (non-hydrogen) atoms. The number of nitrogens with two attached hydrogens (primary N) is 1. The second-order valence-corrected chi connectivity index (χ2v) is 4.73. The third-order valence-corrected chi connectivity index (χ3v) is 3.03. The van der Waals surface area contributed by atoms with Crippen LogP contribution in [0, 0.1) is 5.41 Å². The van der Waals surface area contributed by atoms with Crippen LogP contribution in [0.15, 0.2) is 18.2 Å². The van der Waals surface area contributed by atoms with Crippen LogP contribution in [0.3, 0.4) is 0 Å². The van der Waals surface area contributed by atoms with Crippen molar-refractivity contribution in [1.82, 2.24) is 0 Å². The molecule has 4 nitrogen and oxygen atoms in total. The van der Waals surface area contributed by atoms with Crippen molar-refractivity contribution in [1.29, 1.82) is 0 Å². The third kappa shape index (κ3) is 3.51. The molecule has 1 aromatic rings. The molecule has 0 radical (unpaired) electrons. The molecule has 3 N–H and O–H groups in total. The van der Waals surface area contributed by atoms with Crippen LogP contribution in [0.2, 0.25) is 0 Å². The molecule has 0 saturated carbocycles. The molecule has 1 atom stereocenters. The van der Waals surface area contributed by atoms with E-state index >= 15 is 0 Å². The third-order valence-electron chi connectivity index (χ3n) is 3.03. The Kier molecular flexibility index (Phi) is 6.46. The molecular weight excluding hydrogens is 254 g/mol. The van der Waals surface area contributed by atoms with E-state index in [0.29, 0.717) is 5.75 Å². The molecule has 104 valence electrons. The van der Waals surface area contributed by atoms with E-state index in [1.54, 1.807) is 20.3 Å². The monoisotopic (exact) mass is 275 g/mol. The number of ether oxygens (including phenoxy) is 2. The van der Waals surface area contributed by atoms with Crippen LogP contribution in [-0.4, -0.2) is 25.9 Å². The molecule has 0 amide bonds. The smallest absolute Gasteiger partial charge is 0.127 e. The summed E-state index contributed by atoms with van der Waals surface area (Å²) in [7, 11) is 3.20. The zero-order valence-electron chi connectivity index (χ0n) is 11.3. The molecule has 5 heteroatoms. The fourth-order valence-electron chi connectivity index (χ4n) is 1.59. The van der Waals surface area contributed by atoms with Gasteiger partial charge in [0.15, 0.2) is 0 Å². The number of aliphatic hydroxyl groups is 1. The zero-order chi connectivity index (χ0) is 13.1. The van der Waals surface area contributed by atoms with Crippen LogP contribution in [0.25, 0.3) is 0 Å². The first-order chi connectivity index (χ1) is 7.96. The van der Waals surface area contributed by atoms with Gasteiger partial charge in [0.05, 0.1) is 14.2 Å². The van der Waals surface area contributed by atoms with Crippen LogP contribution >= 0.6 is 12.4 Å². The van der Waals surface area contributed by atoms with Gasteiger partial charge in [0.1, 0.15) is 11.5 Å². The molecule has 0 aliphatic rings. The highest BCUT2D eigenvalue weighted by molar-refractivity contribution is 5.85. The Hall–Kier alpha value is -0.970. The first-order valence-electron chi connectivity index (χ1n) is 5.54. The summed E-state index contributed by atoms with van der Waals surface area (Å²) in [4.78, 5) is 0. The average Bonchev–Trinajstić information content (AvgIpc) is 2.36. The average molecular weight is 276 g/mol. The Bertz CT molecular complexity index is 382. The topological polar surface area (TPSA) is 64.7 Å². The highest BCUT2D eigenvalue weighted by Crippen LogP contribution is 2.37. The van der Waals surface area contributed by atoms with Crippen LogP contribution in [0.5, 0.6) is 11.5 Å². The minimum Gasteiger partial charge on any atom is -0.497 e. The highest BCUT2D eigenvalue weighted by atomic mass is 35.5. The number of hydrogen-bond donors (Lipinski definition) is 2. The number of rotatable bonds is 5. The van der Waals surface area contributed by atoms with Gasteiger partial charge in [-0.25, -0.2) is 0 Å². The minimum atomic E-state index is -0.401. The van der Waals surface area contributed by atoms with E-state index in [0.717, 1.165) is 11.3 Å². The van der Waals surface area contributed by atoms with Gasteiger partial charge in [0, 0.05) is 29.7 Å². The van der Waals surface area contributed by atoms with Gasteiger partial charge in [0.25, 0.3) is 0 Å². The molecular formula is C13H22ClNO3. The van der Waals surface area contributed by atoms with Gasteiger partial charge >= 0.3 is 0 Å². The lowest BCUT2D eigenvalue weighted by Crippen LogP contribution is -2.32. The van der Waals surface area contributed by atoms with Crippen molar-refractivity contribution >= 4 is 12.4 Å². The number of benzene rings is 1. The number of aliphatic hydroxyl groups excluding tert-OH is 1. The quantitative estimate of drug-likeness (QED) is 0.864. The maximum absolute atomic E-state index is 9.34. The lowest BCUT2D eigenvalue weighted by atomic mass is 9.81. The maximum atomic E-state index is 9.34. The molecule has 1 rings (SSSR count). The molecule has 0 aliphatic heterocycles. The van der Waals surface area contributed by atoms with Gasteiger partial charge in [0.2, 0.25) is 0 Å². The number of halogens is 1. The largest absolute Gasteiger partial charge is 0.497 e. The van der Waals surface area contributed by atoms with E-state index in [1.165, 1.54) is 0 Å². The lowest BCUT2D eigenvalue weighted by molar-refractivity contribution is 0.131. The van der Waals surface area contributed by atoms with Gasteiger partial charge in [-0.3, -0.25) is 0 Å². The van der Waals surface area contributed by atoms with E-state index in [9.17, 15) is 5.11 Å². The molecule has 0 bridgehead atoms. The Balaban J connectivity index is 0.00000289. The Morgan fingerprint density at radius 3 is 2.33 bits per heavy atom. The predicted molar refractivity (Wildman–Crippen MR) is 74.6 cm³/mol. The van der Waals surface area contributed by atoms with Crippen LogP contribution < -0.4 is 15.2 Å². The molecule has 0 aromatic heterocycles. The Labute approximate surface area is 115 Å². The fraction of sp³-hybridized carbons (Fsp3) is 0.538. The van der Waals surface area contributed by atoms with Crippen molar-refractivity contribution < 1.29 is 14.6 Å². The first-order valence-corrected chi connectivity index (χ1v) is 5.54. The second kappa shape index (κ2) is 6.83. The molecule has 0 aliphatic carbocycles. The van der Waals surface area contributed by atoms with Gasteiger partial charge in [-0.05, 0) is 6.07 Å². The van der Waals surface area contributed by atoms with Crippen LogP contribution in [0.1, 0.15) is 25.5 Å². The normalized spacial score (nSPS) is 12.6. The molecule has 0 spiro atoms. The summed E-state index contributed by atoms with van der Waals surface area (Å²) in [5.41, 5.74) is 6.64. The summed E-state index contributed by atoms with van der Waals surface area (Å²) in [5.74, 6) is 1.40. The minimum absolute atomic E-state index is 0. The van der Waals surface area contributed by atoms with E-state index in [1.807, 2.05) is 26.0 Å².